The Morgan fingerprint density at radius 1 is 0.259 bits per heavy atom. The molecule has 81 heavy (non-hydrogen) atoms. The maximum atomic E-state index is 13.0. The highest BCUT2D eigenvalue weighted by Crippen LogP contribution is 2.19. The van der Waals surface area contributed by atoms with Gasteiger partial charge in [-0.3, -0.25) is 14.4 Å². The molecule has 1 unspecified atom stereocenters. The van der Waals surface area contributed by atoms with Gasteiger partial charge in [0.25, 0.3) is 0 Å². The Labute approximate surface area is 505 Å². The highest BCUT2D eigenvalue weighted by molar-refractivity contribution is 5.71. The van der Waals surface area contributed by atoms with E-state index in [1.165, 1.54) is 270 Å². The standard InChI is InChI=1S/C75H138O6/c1-4-7-10-13-16-19-22-25-27-29-31-33-35-37-39-41-43-45-47-50-53-56-59-62-65-68-74(77)80-71-72(70-79-73(76)67-64-61-58-55-52-49-24-21-18-15-12-9-6-3)81-75(78)69-66-63-60-57-54-51-48-46-44-42-40-38-36-34-32-30-28-26-23-20-17-14-11-8-5-2/h7,10,16,19,25,27,31,33,72H,4-6,8-9,11-15,17-18,20-24,26,28-30,32,34-71H2,1-3H3/b10-7-,19-16-,27-25-,33-31-. The first-order chi connectivity index (χ1) is 40.0. The highest BCUT2D eigenvalue weighted by Gasteiger charge is 2.19. The molecule has 1 atom stereocenters. The lowest BCUT2D eigenvalue weighted by Gasteiger charge is -2.18. The fraction of sp³-hybridized carbons (Fsp3) is 0.853. The van der Waals surface area contributed by atoms with Gasteiger partial charge in [-0.1, -0.05) is 365 Å². The van der Waals surface area contributed by atoms with Crippen molar-refractivity contribution >= 4 is 17.9 Å². The van der Waals surface area contributed by atoms with Crippen molar-refractivity contribution in [2.24, 2.45) is 0 Å². The van der Waals surface area contributed by atoms with E-state index in [0.29, 0.717) is 19.3 Å². The van der Waals surface area contributed by atoms with E-state index in [0.717, 1.165) is 83.5 Å². The van der Waals surface area contributed by atoms with Crippen LogP contribution in [0.4, 0.5) is 0 Å². The van der Waals surface area contributed by atoms with E-state index in [-0.39, 0.29) is 31.1 Å². The van der Waals surface area contributed by atoms with E-state index in [1.807, 2.05) is 0 Å². The van der Waals surface area contributed by atoms with Gasteiger partial charge in [-0.2, -0.15) is 0 Å². The predicted molar refractivity (Wildman–Crippen MR) is 353 cm³/mol. The maximum absolute atomic E-state index is 13.0. The second-order valence-corrected chi connectivity index (χ2v) is 24.5. The Balaban J connectivity index is 4.22. The van der Waals surface area contributed by atoms with Crippen molar-refractivity contribution in [3.63, 3.8) is 0 Å². The first-order valence-electron chi connectivity index (χ1n) is 36.1. The van der Waals surface area contributed by atoms with Crippen LogP contribution in [0.5, 0.6) is 0 Å². The van der Waals surface area contributed by atoms with Crippen molar-refractivity contribution in [3.8, 4) is 0 Å². The quantitative estimate of drug-likeness (QED) is 0.0261. The van der Waals surface area contributed by atoms with Gasteiger partial charge < -0.3 is 14.2 Å². The van der Waals surface area contributed by atoms with Crippen molar-refractivity contribution in [2.75, 3.05) is 13.2 Å². The van der Waals surface area contributed by atoms with Gasteiger partial charge in [0.1, 0.15) is 13.2 Å². The molecule has 474 valence electrons. The van der Waals surface area contributed by atoms with Crippen molar-refractivity contribution in [2.45, 2.75) is 399 Å². The van der Waals surface area contributed by atoms with Gasteiger partial charge in [0.2, 0.25) is 0 Å². The van der Waals surface area contributed by atoms with Crippen LogP contribution in [0.2, 0.25) is 0 Å². The molecule has 6 heteroatoms. The molecule has 0 fully saturated rings. The molecule has 0 N–H and O–H groups in total. The van der Waals surface area contributed by atoms with Crippen LogP contribution in [-0.4, -0.2) is 37.2 Å². The molecule has 0 aliphatic carbocycles. The Hall–Kier alpha value is -2.63. The number of carbonyl (C=O) groups is 3. The predicted octanol–water partition coefficient (Wildman–Crippen LogP) is 24.9. The topological polar surface area (TPSA) is 78.9 Å². The first-order valence-corrected chi connectivity index (χ1v) is 36.1. The monoisotopic (exact) mass is 1140 g/mol. The van der Waals surface area contributed by atoms with Crippen LogP contribution in [0.3, 0.4) is 0 Å². The van der Waals surface area contributed by atoms with Crippen LogP contribution in [0.1, 0.15) is 393 Å². The van der Waals surface area contributed by atoms with Crippen LogP contribution in [0, 0.1) is 0 Å². The SMILES string of the molecule is CC/C=C\C/C=C\C/C=C\C/C=C\CCCCCCCCCCCCCCC(=O)OCC(COC(=O)CCCCCCCCCCCCCCC)OC(=O)CCCCCCCCCCCCCCCCCCCCCCCCCCC. The van der Waals surface area contributed by atoms with Crippen LogP contribution in [-0.2, 0) is 28.6 Å². The summed E-state index contributed by atoms with van der Waals surface area (Å²) in [5, 5.41) is 0. The second-order valence-electron chi connectivity index (χ2n) is 24.5. The van der Waals surface area contributed by atoms with E-state index in [2.05, 4.69) is 69.4 Å². The molecular weight excluding hydrogens is 997 g/mol. The minimum absolute atomic E-state index is 0.0670. The molecule has 0 radical (unpaired) electrons. The number of hydrogen-bond acceptors (Lipinski definition) is 6. The molecule has 0 saturated heterocycles. The largest absolute Gasteiger partial charge is 0.462 e. The van der Waals surface area contributed by atoms with Crippen LogP contribution >= 0.6 is 0 Å². The summed E-state index contributed by atoms with van der Waals surface area (Å²) in [4.78, 5) is 38.5. The first kappa shape index (κ1) is 78.4. The van der Waals surface area contributed by atoms with Crippen molar-refractivity contribution in [3.05, 3.63) is 48.6 Å². The van der Waals surface area contributed by atoms with E-state index in [4.69, 9.17) is 14.2 Å². The molecular formula is C75H138O6. The number of hydrogen-bond donors (Lipinski definition) is 0. The van der Waals surface area contributed by atoms with Crippen molar-refractivity contribution in [1.82, 2.24) is 0 Å². The van der Waals surface area contributed by atoms with Gasteiger partial charge in [-0.05, 0) is 57.8 Å². The Morgan fingerprint density at radius 3 is 0.753 bits per heavy atom. The summed E-state index contributed by atoms with van der Waals surface area (Å²) in [5.74, 6) is -0.839. The maximum Gasteiger partial charge on any atom is 0.306 e. The fourth-order valence-electron chi connectivity index (χ4n) is 11.0. The third-order valence-electron chi connectivity index (χ3n) is 16.3. The van der Waals surface area contributed by atoms with E-state index >= 15 is 0 Å². The van der Waals surface area contributed by atoms with Crippen LogP contribution in [0.25, 0.3) is 0 Å². The number of carbonyl (C=O) groups excluding carboxylic acids is 3. The second kappa shape index (κ2) is 69.9. The molecule has 0 heterocycles. The zero-order valence-corrected chi connectivity index (χ0v) is 54.6. The number of unbranched alkanes of at least 4 members (excludes halogenated alkanes) is 48. The van der Waals surface area contributed by atoms with Gasteiger partial charge in [0.05, 0.1) is 0 Å². The minimum atomic E-state index is -0.771. The molecule has 0 bridgehead atoms. The summed E-state index contributed by atoms with van der Waals surface area (Å²) < 4.78 is 17.0. The molecule has 0 spiro atoms. The lowest BCUT2D eigenvalue weighted by Crippen LogP contribution is -2.30. The molecule has 0 rings (SSSR count). The molecule has 0 aromatic carbocycles. The molecule has 0 aromatic rings. The summed E-state index contributed by atoms with van der Waals surface area (Å²) in [6, 6.07) is 0. The number of allylic oxidation sites excluding steroid dienone is 8. The summed E-state index contributed by atoms with van der Waals surface area (Å²) in [6.45, 7) is 6.60. The highest BCUT2D eigenvalue weighted by atomic mass is 16.6. The van der Waals surface area contributed by atoms with Gasteiger partial charge >= 0.3 is 17.9 Å². The summed E-state index contributed by atoms with van der Waals surface area (Å²) in [7, 11) is 0. The smallest absolute Gasteiger partial charge is 0.306 e. The van der Waals surface area contributed by atoms with E-state index in [1.54, 1.807) is 0 Å². The van der Waals surface area contributed by atoms with Crippen molar-refractivity contribution in [1.29, 1.82) is 0 Å². The average Bonchev–Trinajstić information content (AvgIpc) is 3.46. The lowest BCUT2D eigenvalue weighted by molar-refractivity contribution is -0.167. The number of ether oxygens (including phenoxy) is 3. The fourth-order valence-corrected chi connectivity index (χ4v) is 11.0. The van der Waals surface area contributed by atoms with Crippen LogP contribution in [0.15, 0.2) is 48.6 Å². The molecule has 0 aromatic heterocycles. The van der Waals surface area contributed by atoms with Crippen LogP contribution < -0.4 is 0 Å². The van der Waals surface area contributed by atoms with E-state index in [9.17, 15) is 14.4 Å². The molecule has 0 aliphatic heterocycles. The number of rotatable bonds is 67. The molecule has 0 amide bonds. The van der Waals surface area contributed by atoms with Gasteiger partial charge in [-0.25, -0.2) is 0 Å². The average molecular weight is 1140 g/mol. The van der Waals surface area contributed by atoms with Crippen molar-refractivity contribution < 1.29 is 28.6 Å². The summed E-state index contributed by atoms with van der Waals surface area (Å²) >= 11 is 0. The summed E-state index contributed by atoms with van der Waals surface area (Å²) in [6.07, 6.45) is 88.6. The normalized spacial score (nSPS) is 12.3. The zero-order valence-electron chi connectivity index (χ0n) is 54.6. The third kappa shape index (κ3) is 68.0. The Morgan fingerprint density at radius 2 is 0.481 bits per heavy atom. The molecule has 6 nitrogen and oxygen atoms in total. The van der Waals surface area contributed by atoms with E-state index < -0.39 is 6.10 Å². The third-order valence-corrected chi connectivity index (χ3v) is 16.3. The molecule has 0 saturated carbocycles. The lowest BCUT2D eigenvalue weighted by atomic mass is 10.0. The minimum Gasteiger partial charge on any atom is -0.462 e. The Kier molecular flexibility index (Phi) is 67.6. The zero-order chi connectivity index (χ0) is 58.5. The Bertz CT molecular complexity index is 1400. The van der Waals surface area contributed by atoms with Gasteiger partial charge in [-0.15, -0.1) is 0 Å². The summed E-state index contributed by atoms with van der Waals surface area (Å²) in [5.41, 5.74) is 0. The van der Waals surface area contributed by atoms with Gasteiger partial charge in [0, 0.05) is 19.3 Å². The molecule has 0 aliphatic rings. The number of esters is 3. The van der Waals surface area contributed by atoms with Gasteiger partial charge in [0.15, 0.2) is 6.10 Å².